The summed E-state index contributed by atoms with van der Waals surface area (Å²) in [5, 5.41) is 0. The number of rotatable bonds is 0. The molecule has 2 atom stereocenters. The van der Waals surface area contributed by atoms with Gasteiger partial charge in [-0.3, -0.25) is 0 Å². The van der Waals surface area contributed by atoms with Gasteiger partial charge in [-0.2, -0.15) is 0 Å². The van der Waals surface area contributed by atoms with Crippen molar-refractivity contribution < 1.29 is 0 Å². The molecule has 1 saturated carbocycles. The molecular weight excluding hydrogens is 144 g/mol. The van der Waals surface area contributed by atoms with Gasteiger partial charge < -0.3 is 0 Å². The monoisotopic (exact) mass is 160 g/mol. The van der Waals surface area contributed by atoms with E-state index < -0.39 is 0 Å². The Labute approximate surface area is 69.0 Å². The topological polar surface area (TPSA) is 0 Å². The maximum atomic E-state index is 6.24. The van der Waals surface area contributed by atoms with Crippen LogP contribution in [0.15, 0.2) is 0 Å². The first-order chi connectivity index (χ1) is 4.60. The first-order valence-corrected chi connectivity index (χ1v) is 4.67. The van der Waals surface area contributed by atoms with Crippen molar-refractivity contribution in [1.29, 1.82) is 0 Å². The lowest BCUT2D eigenvalue weighted by molar-refractivity contribution is 0.492. The van der Waals surface area contributed by atoms with E-state index in [1.165, 1.54) is 32.1 Å². The molecule has 1 rings (SSSR count). The maximum absolute atomic E-state index is 6.24. The quantitative estimate of drug-likeness (QED) is 0.375. The van der Waals surface area contributed by atoms with Crippen molar-refractivity contribution in [1.82, 2.24) is 0 Å². The molecule has 0 aromatic heterocycles. The van der Waals surface area contributed by atoms with Gasteiger partial charge in [0.05, 0.1) is 0 Å². The molecule has 0 bridgehead atoms. The minimum Gasteiger partial charge on any atom is -0.120 e. The summed E-state index contributed by atoms with van der Waals surface area (Å²) >= 11 is 6.24. The Bertz CT molecular complexity index is 107. The number of halogens is 1. The Balaban J connectivity index is 2.41. The third kappa shape index (κ3) is 2.49. The van der Waals surface area contributed by atoms with Gasteiger partial charge in [0.25, 0.3) is 0 Å². The summed E-state index contributed by atoms with van der Waals surface area (Å²) in [7, 11) is 0. The van der Waals surface area contributed by atoms with Crippen LogP contribution < -0.4 is 0 Å². The van der Waals surface area contributed by atoms with Gasteiger partial charge in [-0.1, -0.05) is 19.8 Å². The molecule has 0 spiro atoms. The molecule has 0 aromatic carbocycles. The number of hydrogen-bond acceptors (Lipinski definition) is 0. The Kier molecular flexibility index (Phi) is 2.62. The molecule has 1 heteroatoms. The van der Waals surface area contributed by atoms with Crippen LogP contribution >= 0.6 is 11.6 Å². The van der Waals surface area contributed by atoms with Gasteiger partial charge >= 0.3 is 0 Å². The van der Waals surface area contributed by atoms with Crippen molar-refractivity contribution >= 4 is 11.6 Å². The van der Waals surface area contributed by atoms with Crippen LogP contribution in [0, 0.1) is 5.92 Å². The average Bonchev–Trinajstić information content (AvgIpc) is 1.94. The predicted octanol–water partition coefficient (Wildman–Crippen LogP) is 3.58. The van der Waals surface area contributed by atoms with E-state index >= 15 is 0 Å². The zero-order valence-electron chi connectivity index (χ0n) is 6.99. The first-order valence-electron chi connectivity index (χ1n) is 4.29. The predicted molar refractivity (Wildman–Crippen MR) is 46.5 cm³/mol. The molecule has 10 heavy (non-hydrogen) atoms. The highest BCUT2D eigenvalue weighted by Gasteiger charge is 2.24. The lowest BCUT2D eigenvalue weighted by Crippen LogP contribution is -2.13. The third-order valence-electron chi connectivity index (χ3n) is 2.55. The summed E-state index contributed by atoms with van der Waals surface area (Å²) in [5.74, 6) is 0.903. The summed E-state index contributed by atoms with van der Waals surface area (Å²) in [6.45, 7) is 4.50. The van der Waals surface area contributed by atoms with Gasteiger partial charge in [0, 0.05) is 4.87 Å². The van der Waals surface area contributed by atoms with Crippen molar-refractivity contribution in [3.8, 4) is 0 Å². The molecule has 0 N–H and O–H groups in total. The highest BCUT2D eigenvalue weighted by Crippen LogP contribution is 2.34. The molecule has 2 unspecified atom stereocenters. The van der Waals surface area contributed by atoms with Crippen LogP contribution in [-0.4, -0.2) is 4.87 Å². The van der Waals surface area contributed by atoms with Crippen LogP contribution in [0.1, 0.15) is 46.0 Å². The van der Waals surface area contributed by atoms with Crippen LogP contribution in [0.2, 0.25) is 0 Å². The summed E-state index contributed by atoms with van der Waals surface area (Å²) < 4.78 is 0. The zero-order chi connectivity index (χ0) is 7.61. The second kappa shape index (κ2) is 3.13. The Morgan fingerprint density at radius 1 is 1.30 bits per heavy atom. The molecule has 0 nitrogen and oxygen atoms in total. The van der Waals surface area contributed by atoms with Gasteiger partial charge in [-0.05, 0) is 32.1 Å². The minimum atomic E-state index is 0.116. The lowest BCUT2D eigenvalue weighted by Gasteiger charge is -2.18. The molecule has 0 heterocycles. The third-order valence-corrected chi connectivity index (χ3v) is 2.93. The SMILES string of the molecule is CC1CCCC(C)(Cl)CC1. The van der Waals surface area contributed by atoms with Crippen LogP contribution in [-0.2, 0) is 0 Å². The molecule has 0 aromatic rings. The molecule has 1 aliphatic carbocycles. The van der Waals surface area contributed by atoms with E-state index in [-0.39, 0.29) is 4.87 Å². The van der Waals surface area contributed by atoms with Crippen LogP contribution in [0.4, 0.5) is 0 Å². The van der Waals surface area contributed by atoms with Crippen LogP contribution in [0.5, 0.6) is 0 Å². The van der Waals surface area contributed by atoms with Gasteiger partial charge in [-0.15, -0.1) is 11.6 Å². The van der Waals surface area contributed by atoms with E-state index in [1.54, 1.807) is 0 Å². The Hall–Kier alpha value is 0.290. The van der Waals surface area contributed by atoms with Gasteiger partial charge in [0.1, 0.15) is 0 Å². The molecule has 60 valence electrons. The number of alkyl halides is 1. The molecule has 0 radical (unpaired) electrons. The van der Waals surface area contributed by atoms with Crippen LogP contribution in [0.3, 0.4) is 0 Å². The van der Waals surface area contributed by atoms with E-state index in [9.17, 15) is 0 Å². The van der Waals surface area contributed by atoms with Gasteiger partial charge in [0.15, 0.2) is 0 Å². The zero-order valence-corrected chi connectivity index (χ0v) is 7.75. The maximum Gasteiger partial charge on any atom is 0.0418 e. The fraction of sp³-hybridized carbons (Fsp3) is 1.00. The van der Waals surface area contributed by atoms with Crippen molar-refractivity contribution in [3.63, 3.8) is 0 Å². The summed E-state index contributed by atoms with van der Waals surface area (Å²) in [5.41, 5.74) is 0. The van der Waals surface area contributed by atoms with Crippen molar-refractivity contribution in [2.24, 2.45) is 5.92 Å². The van der Waals surface area contributed by atoms with Crippen molar-refractivity contribution in [2.75, 3.05) is 0 Å². The highest BCUT2D eigenvalue weighted by atomic mass is 35.5. The average molecular weight is 161 g/mol. The standard InChI is InChI=1S/C9H17Cl/c1-8-4-3-6-9(2,10)7-5-8/h8H,3-7H2,1-2H3. The fourth-order valence-corrected chi connectivity index (χ4v) is 1.88. The summed E-state index contributed by atoms with van der Waals surface area (Å²) in [6, 6.07) is 0. The van der Waals surface area contributed by atoms with E-state index in [1.807, 2.05) is 0 Å². The Morgan fingerprint density at radius 2 is 2.00 bits per heavy atom. The summed E-state index contributed by atoms with van der Waals surface area (Å²) in [6.07, 6.45) is 6.43. The minimum absolute atomic E-state index is 0.116. The largest absolute Gasteiger partial charge is 0.120 e. The van der Waals surface area contributed by atoms with E-state index in [0.717, 1.165) is 5.92 Å². The molecule has 1 aliphatic rings. The summed E-state index contributed by atoms with van der Waals surface area (Å²) in [4.78, 5) is 0.116. The van der Waals surface area contributed by atoms with E-state index in [4.69, 9.17) is 11.6 Å². The fourth-order valence-electron chi connectivity index (χ4n) is 1.64. The highest BCUT2D eigenvalue weighted by molar-refractivity contribution is 6.23. The van der Waals surface area contributed by atoms with E-state index in [0.29, 0.717) is 0 Å². The molecule has 0 saturated heterocycles. The molecule has 1 fully saturated rings. The first kappa shape index (κ1) is 8.39. The molecular formula is C9H17Cl. The van der Waals surface area contributed by atoms with Gasteiger partial charge in [0.2, 0.25) is 0 Å². The van der Waals surface area contributed by atoms with Crippen molar-refractivity contribution in [3.05, 3.63) is 0 Å². The smallest absolute Gasteiger partial charge is 0.0418 e. The van der Waals surface area contributed by atoms with E-state index in [2.05, 4.69) is 13.8 Å². The molecule has 0 amide bonds. The molecule has 0 aliphatic heterocycles. The van der Waals surface area contributed by atoms with Crippen LogP contribution in [0.25, 0.3) is 0 Å². The van der Waals surface area contributed by atoms with Gasteiger partial charge in [-0.25, -0.2) is 0 Å². The number of hydrogen-bond donors (Lipinski definition) is 0. The normalized spacial score (nSPS) is 42.9. The lowest BCUT2D eigenvalue weighted by atomic mass is 10.0. The van der Waals surface area contributed by atoms with Crippen molar-refractivity contribution in [2.45, 2.75) is 50.8 Å². The second-order valence-corrected chi connectivity index (χ2v) is 4.86. The second-order valence-electron chi connectivity index (χ2n) is 3.95. The Morgan fingerprint density at radius 3 is 2.70 bits per heavy atom.